The normalized spacial score (nSPS) is 10.8. The van der Waals surface area contributed by atoms with Gasteiger partial charge in [0.05, 0.1) is 17.2 Å². The van der Waals surface area contributed by atoms with Gasteiger partial charge in [0, 0.05) is 25.2 Å². The summed E-state index contributed by atoms with van der Waals surface area (Å²) in [5.41, 5.74) is 2.40. The van der Waals surface area contributed by atoms with Gasteiger partial charge in [-0.3, -0.25) is 14.2 Å². The van der Waals surface area contributed by atoms with E-state index < -0.39 is 0 Å². The van der Waals surface area contributed by atoms with Crippen LogP contribution in [0.4, 0.5) is 5.69 Å². The number of nitrogens with zero attached hydrogens (tertiary/aromatic N) is 2. The van der Waals surface area contributed by atoms with Gasteiger partial charge in [-0.05, 0) is 36.4 Å². The van der Waals surface area contributed by atoms with Gasteiger partial charge in [0.1, 0.15) is 0 Å². The molecule has 1 heterocycles. The Kier molecular flexibility index (Phi) is 5.76. The minimum Gasteiger partial charge on any atom is -0.326 e. The molecular formula is C20H22N4O2. The summed E-state index contributed by atoms with van der Waals surface area (Å²) in [5.74, 6) is -0.134. The Labute approximate surface area is 151 Å². The van der Waals surface area contributed by atoms with Crippen LogP contribution in [0.3, 0.4) is 0 Å². The Morgan fingerprint density at radius 3 is 2.85 bits per heavy atom. The first-order chi connectivity index (χ1) is 12.7. The van der Waals surface area contributed by atoms with Crippen molar-refractivity contribution in [2.75, 3.05) is 11.9 Å². The predicted octanol–water partition coefficient (Wildman–Crippen LogP) is 2.53. The lowest BCUT2D eigenvalue weighted by atomic mass is 10.2. The van der Waals surface area contributed by atoms with Gasteiger partial charge in [-0.2, -0.15) is 0 Å². The first kappa shape index (κ1) is 17.8. The number of carbonyl (C=O) groups is 1. The lowest BCUT2D eigenvalue weighted by Gasteiger charge is -2.09. The molecule has 0 saturated carbocycles. The van der Waals surface area contributed by atoms with Crippen LogP contribution in [0.2, 0.25) is 0 Å². The number of fused-ring (bicyclic) bond motifs is 1. The first-order valence-corrected chi connectivity index (χ1v) is 8.71. The van der Waals surface area contributed by atoms with E-state index in [1.54, 1.807) is 12.1 Å². The van der Waals surface area contributed by atoms with Crippen LogP contribution in [-0.2, 0) is 17.9 Å². The Balaban J connectivity index is 1.63. The molecule has 26 heavy (non-hydrogen) atoms. The number of aromatic nitrogens is 2. The van der Waals surface area contributed by atoms with E-state index in [1.807, 2.05) is 36.4 Å². The fraction of sp³-hybridized carbons (Fsp3) is 0.250. The van der Waals surface area contributed by atoms with Crippen molar-refractivity contribution < 1.29 is 4.79 Å². The smallest absolute Gasteiger partial charge is 0.261 e. The molecule has 0 saturated heterocycles. The van der Waals surface area contributed by atoms with Gasteiger partial charge in [-0.1, -0.05) is 31.2 Å². The van der Waals surface area contributed by atoms with Crippen LogP contribution in [0.25, 0.3) is 10.9 Å². The molecule has 0 bridgehead atoms. The van der Waals surface area contributed by atoms with Crippen molar-refractivity contribution in [1.82, 2.24) is 14.9 Å². The van der Waals surface area contributed by atoms with E-state index in [9.17, 15) is 9.59 Å². The maximum Gasteiger partial charge on any atom is 0.261 e. The van der Waals surface area contributed by atoms with E-state index in [0.29, 0.717) is 17.4 Å². The topological polar surface area (TPSA) is 76.0 Å². The molecule has 0 aliphatic rings. The van der Waals surface area contributed by atoms with Crippen LogP contribution >= 0.6 is 0 Å². The second-order valence-electron chi connectivity index (χ2n) is 6.04. The minimum absolute atomic E-state index is 0.129. The fourth-order valence-electron chi connectivity index (χ4n) is 2.74. The summed E-state index contributed by atoms with van der Waals surface area (Å²) in [5, 5.41) is 6.70. The van der Waals surface area contributed by atoms with Crippen molar-refractivity contribution in [1.29, 1.82) is 0 Å². The SMILES string of the molecule is CCNCc1cccc(NC(=O)CCn2cnc3ccccc3c2=O)c1. The number of anilines is 1. The summed E-state index contributed by atoms with van der Waals surface area (Å²) in [7, 11) is 0. The summed E-state index contributed by atoms with van der Waals surface area (Å²) in [6.07, 6.45) is 1.70. The fourth-order valence-corrected chi connectivity index (χ4v) is 2.74. The number of nitrogens with one attached hydrogen (secondary N) is 2. The molecule has 0 aliphatic heterocycles. The molecule has 1 aromatic heterocycles. The lowest BCUT2D eigenvalue weighted by Crippen LogP contribution is -2.23. The predicted molar refractivity (Wildman–Crippen MR) is 103 cm³/mol. The number of para-hydroxylation sites is 1. The molecule has 0 radical (unpaired) electrons. The van der Waals surface area contributed by atoms with E-state index in [-0.39, 0.29) is 17.9 Å². The van der Waals surface area contributed by atoms with Crippen molar-refractivity contribution in [3.05, 3.63) is 70.8 Å². The van der Waals surface area contributed by atoms with Crippen molar-refractivity contribution in [3.8, 4) is 0 Å². The maximum atomic E-state index is 12.4. The Hall–Kier alpha value is -2.99. The van der Waals surface area contributed by atoms with E-state index >= 15 is 0 Å². The molecule has 2 aromatic carbocycles. The van der Waals surface area contributed by atoms with Gasteiger partial charge >= 0.3 is 0 Å². The molecule has 0 fully saturated rings. The Morgan fingerprint density at radius 2 is 2.00 bits per heavy atom. The number of hydrogen-bond donors (Lipinski definition) is 2. The quantitative estimate of drug-likeness (QED) is 0.687. The van der Waals surface area contributed by atoms with Crippen molar-refractivity contribution in [2.24, 2.45) is 0 Å². The zero-order valence-corrected chi connectivity index (χ0v) is 14.7. The molecule has 3 rings (SSSR count). The largest absolute Gasteiger partial charge is 0.326 e. The molecule has 0 unspecified atom stereocenters. The van der Waals surface area contributed by atoms with Crippen LogP contribution in [0.15, 0.2) is 59.7 Å². The van der Waals surface area contributed by atoms with Crippen LogP contribution < -0.4 is 16.2 Å². The third-order valence-electron chi connectivity index (χ3n) is 4.10. The highest BCUT2D eigenvalue weighted by atomic mass is 16.1. The number of carbonyl (C=O) groups excluding carboxylic acids is 1. The van der Waals surface area contributed by atoms with E-state index in [0.717, 1.165) is 24.3 Å². The molecule has 6 heteroatoms. The molecule has 0 spiro atoms. The lowest BCUT2D eigenvalue weighted by molar-refractivity contribution is -0.116. The number of hydrogen-bond acceptors (Lipinski definition) is 4. The second-order valence-corrected chi connectivity index (χ2v) is 6.04. The van der Waals surface area contributed by atoms with Gasteiger partial charge < -0.3 is 10.6 Å². The van der Waals surface area contributed by atoms with Gasteiger partial charge in [-0.25, -0.2) is 4.98 Å². The Bertz CT molecular complexity index is 965. The zero-order chi connectivity index (χ0) is 18.4. The molecule has 2 N–H and O–H groups in total. The maximum absolute atomic E-state index is 12.4. The molecule has 1 amide bonds. The second kappa shape index (κ2) is 8.40. The van der Waals surface area contributed by atoms with Crippen molar-refractivity contribution in [3.63, 3.8) is 0 Å². The Morgan fingerprint density at radius 1 is 1.15 bits per heavy atom. The zero-order valence-electron chi connectivity index (χ0n) is 14.7. The number of rotatable bonds is 7. The highest BCUT2D eigenvalue weighted by molar-refractivity contribution is 5.90. The number of benzene rings is 2. The van der Waals surface area contributed by atoms with Gasteiger partial charge in [0.2, 0.25) is 5.91 Å². The van der Waals surface area contributed by atoms with Crippen LogP contribution in [0, 0.1) is 0 Å². The third-order valence-corrected chi connectivity index (χ3v) is 4.10. The molecule has 0 atom stereocenters. The van der Waals surface area contributed by atoms with Crippen LogP contribution in [-0.4, -0.2) is 22.0 Å². The van der Waals surface area contributed by atoms with E-state index in [2.05, 4.69) is 22.5 Å². The van der Waals surface area contributed by atoms with Crippen LogP contribution in [0.5, 0.6) is 0 Å². The number of amides is 1. The highest BCUT2D eigenvalue weighted by Crippen LogP contribution is 2.11. The van der Waals surface area contributed by atoms with Crippen LogP contribution in [0.1, 0.15) is 18.9 Å². The summed E-state index contributed by atoms with van der Waals surface area (Å²) < 4.78 is 1.48. The van der Waals surface area contributed by atoms with Gasteiger partial charge in [0.25, 0.3) is 5.56 Å². The van der Waals surface area contributed by atoms with Crippen molar-refractivity contribution >= 4 is 22.5 Å². The standard InChI is InChI=1S/C20H22N4O2/c1-2-21-13-15-6-5-7-16(12-15)23-19(25)10-11-24-14-22-18-9-4-3-8-17(18)20(24)26/h3-9,12,14,21H,2,10-11,13H2,1H3,(H,23,25). The monoisotopic (exact) mass is 350 g/mol. The highest BCUT2D eigenvalue weighted by Gasteiger charge is 2.07. The summed E-state index contributed by atoms with van der Waals surface area (Å²) in [6, 6.07) is 14.9. The molecule has 134 valence electrons. The summed E-state index contributed by atoms with van der Waals surface area (Å²) in [6.45, 7) is 4.00. The molecule has 6 nitrogen and oxygen atoms in total. The molecular weight excluding hydrogens is 328 g/mol. The third kappa shape index (κ3) is 4.34. The van der Waals surface area contributed by atoms with Gasteiger partial charge in [-0.15, -0.1) is 0 Å². The average Bonchev–Trinajstić information content (AvgIpc) is 2.66. The molecule has 3 aromatic rings. The summed E-state index contributed by atoms with van der Waals surface area (Å²) in [4.78, 5) is 28.9. The summed E-state index contributed by atoms with van der Waals surface area (Å²) >= 11 is 0. The molecule has 0 aliphatic carbocycles. The average molecular weight is 350 g/mol. The van der Waals surface area contributed by atoms with E-state index in [1.165, 1.54) is 10.9 Å². The van der Waals surface area contributed by atoms with Crippen molar-refractivity contribution in [2.45, 2.75) is 26.4 Å². The first-order valence-electron chi connectivity index (χ1n) is 8.71. The number of aryl methyl sites for hydroxylation is 1. The minimum atomic E-state index is -0.134. The van der Waals surface area contributed by atoms with E-state index in [4.69, 9.17) is 0 Å². The van der Waals surface area contributed by atoms with Gasteiger partial charge in [0.15, 0.2) is 0 Å².